The second kappa shape index (κ2) is 11.5. The molecule has 1 aliphatic heterocycles. The third-order valence-corrected chi connectivity index (χ3v) is 9.72. The van der Waals surface area contributed by atoms with Gasteiger partial charge in [-0.1, -0.05) is 97.1 Å². The average Bonchev–Trinajstić information content (AvgIpc) is 3.73. The van der Waals surface area contributed by atoms with Crippen molar-refractivity contribution in [1.82, 2.24) is 9.88 Å². The lowest BCUT2D eigenvalue weighted by molar-refractivity contribution is -0.510. The van der Waals surface area contributed by atoms with Gasteiger partial charge in [0.05, 0.1) is 16.6 Å². The molecule has 0 saturated heterocycles. The van der Waals surface area contributed by atoms with Crippen molar-refractivity contribution in [3.05, 3.63) is 187 Å². The zero-order valence-electron chi connectivity index (χ0n) is 27.0. The molecular formula is C45H31N4O+. The number of amidine groups is 2. The van der Waals surface area contributed by atoms with Gasteiger partial charge in [0.1, 0.15) is 11.2 Å². The number of hydrogen-bond donors (Lipinski definition) is 2. The Bertz CT molecular complexity index is 2740. The second-order valence-corrected chi connectivity index (χ2v) is 12.7. The van der Waals surface area contributed by atoms with Gasteiger partial charge in [0, 0.05) is 38.4 Å². The number of nitrogens with one attached hydrogen (secondary N) is 2. The van der Waals surface area contributed by atoms with Crippen LogP contribution in [0, 0.1) is 0 Å². The van der Waals surface area contributed by atoms with Crippen molar-refractivity contribution in [2.24, 2.45) is 4.99 Å². The third kappa shape index (κ3) is 4.71. The van der Waals surface area contributed by atoms with E-state index in [-0.39, 0.29) is 6.17 Å². The molecule has 0 saturated carbocycles. The van der Waals surface area contributed by atoms with Crippen molar-refractivity contribution in [2.75, 3.05) is 0 Å². The molecule has 1 atom stereocenters. The maximum atomic E-state index is 6.11. The smallest absolute Gasteiger partial charge is 0.283 e. The van der Waals surface area contributed by atoms with Crippen molar-refractivity contribution >= 4 is 55.4 Å². The SMILES string of the molecule is c1ccc(C2=NC(c3cccc(-n4c5ccccc5c5cc(-c6ccc7oc8ccccc8c7c6)ccc54)c3)[NH+]=C(c3ccccc3)N2)cc1. The van der Waals surface area contributed by atoms with Gasteiger partial charge in [0.25, 0.3) is 5.84 Å². The van der Waals surface area contributed by atoms with E-state index in [4.69, 9.17) is 9.41 Å². The number of fused-ring (bicyclic) bond motifs is 6. The highest BCUT2D eigenvalue weighted by atomic mass is 16.3. The molecule has 236 valence electrons. The maximum Gasteiger partial charge on any atom is 0.283 e. The van der Waals surface area contributed by atoms with Crippen LogP contribution >= 0.6 is 0 Å². The number of hydrogen-bond acceptors (Lipinski definition) is 3. The lowest BCUT2D eigenvalue weighted by Gasteiger charge is -2.18. The van der Waals surface area contributed by atoms with E-state index in [0.29, 0.717) is 0 Å². The molecule has 0 bridgehead atoms. The third-order valence-electron chi connectivity index (χ3n) is 9.72. The first-order valence-corrected chi connectivity index (χ1v) is 16.9. The Morgan fingerprint density at radius 3 is 2.00 bits per heavy atom. The molecule has 0 fully saturated rings. The van der Waals surface area contributed by atoms with Gasteiger partial charge in [0.2, 0.25) is 12.0 Å². The van der Waals surface area contributed by atoms with Crippen LogP contribution in [0.4, 0.5) is 0 Å². The Morgan fingerprint density at radius 1 is 0.500 bits per heavy atom. The molecule has 0 amide bonds. The van der Waals surface area contributed by atoms with Crippen LogP contribution < -0.4 is 10.3 Å². The van der Waals surface area contributed by atoms with Gasteiger partial charge in [-0.05, 0) is 83.9 Å². The van der Waals surface area contributed by atoms with Crippen LogP contribution in [0.2, 0.25) is 0 Å². The van der Waals surface area contributed by atoms with Crippen molar-refractivity contribution in [1.29, 1.82) is 0 Å². The van der Waals surface area contributed by atoms with Gasteiger partial charge in [-0.15, -0.1) is 0 Å². The summed E-state index contributed by atoms with van der Waals surface area (Å²) in [6.07, 6.45) is -0.282. The highest BCUT2D eigenvalue weighted by molar-refractivity contribution is 6.14. The Morgan fingerprint density at radius 2 is 1.16 bits per heavy atom. The highest BCUT2D eigenvalue weighted by Gasteiger charge is 2.26. The molecule has 5 nitrogen and oxygen atoms in total. The van der Waals surface area contributed by atoms with E-state index in [1.807, 2.05) is 36.4 Å². The van der Waals surface area contributed by atoms with Crippen LogP contribution in [-0.4, -0.2) is 16.2 Å². The minimum atomic E-state index is -0.282. The fourth-order valence-electron chi connectivity index (χ4n) is 7.32. The summed E-state index contributed by atoms with van der Waals surface area (Å²) in [7, 11) is 0. The molecule has 3 heterocycles. The van der Waals surface area contributed by atoms with E-state index >= 15 is 0 Å². The molecular weight excluding hydrogens is 613 g/mol. The summed E-state index contributed by atoms with van der Waals surface area (Å²) in [5.41, 5.74) is 10.8. The fraction of sp³-hybridized carbons (Fsp3) is 0.0222. The average molecular weight is 644 g/mol. The van der Waals surface area contributed by atoms with Crippen molar-refractivity contribution < 1.29 is 9.41 Å². The van der Waals surface area contributed by atoms with Crippen LogP contribution in [0.25, 0.3) is 60.6 Å². The Kier molecular flexibility index (Phi) is 6.49. The minimum absolute atomic E-state index is 0.282. The minimum Gasteiger partial charge on any atom is -0.456 e. The summed E-state index contributed by atoms with van der Waals surface area (Å²) >= 11 is 0. The van der Waals surface area contributed by atoms with Crippen molar-refractivity contribution in [3.63, 3.8) is 0 Å². The standard InChI is InChI=1S/C45H30N4O/c1-3-12-29(13-4-1)43-46-44(30-14-5-2-6-15-30)48-45(47-43)33-16-11-17-34(26-33)49-39-20-9-7-18-35(39)37-27-31(22-24-40(37)49)32-23-25-42-38(28-32)36-19-8-10-21-41(36)50-42/h1-28,45H,(H,46,47,48)/p+1. The number of benzene rings is 7. The summed E-state index contributed by atoms with van der Waals surface area (Å²) in [4.78, 5) is 8.87. The number of aliphatic imine (C=N–C) groups is 1. The van der Waals surface area contributed by atoms with Crippen LogP contribution in [-0.2, 0) is 0 Å². The summed E-state index contributed by atoms with van der Waals surface area (Å²) in [5.74, 6) is 1.77. The summed E-state index contributed by atoms with van der Waals surface area (Å²) in [6, 6.07) is 59.6. The molecule has 7 aromatic carbocycles. The number of aromatic nitrogens is 1. The van der Waals surface area contributed by atoms with E-state index in [1.165, 1.54) is 21.9 Å². The van der Waals surface area contributed by atoms with Crippen LogP contribution in [0.3, 0.4) is 0 Å². The van der Waals surface area contributed by atoms with Crippen molar-refractivity contribution in [3.8, 4) is 16.8 Å². The molecule has 1 aliphatic rings. The quantitative estimate of drug-likeness (QED) is 0.197. The van der Waals surface area contributed by atoms with Crippen LogP contribution in [0.1, 0.15) is 22.9 Å². The maximum absolute atomic E-state index is 6.11. The zero-order valence-corrected chi connectivity index (χ0v) is 27.0. The molecule has 0 aliphatic carbocycles. The number of furan rings is 1. The van der Waals surface area contributed by atoms with Crippen molar-refractivity contribution in [2.45, 2.75) is 6.17 Å². The first-order chi connectivity index (χ1) is 24.8. The number of rotatable bonds is 5. The molecule has 0 spiro atoms. The van der Waals surface area contributed by atoms with E-state index in [1.54, 1.807) is 0 Å². The molecule has 5 heteroatoms. The Balaban J connectivity index is 1.10. The van der Waals surface area contributed by atoms with E-state index in [0.717, 1.165) is 67.0 Å². The lowest BCUT2D eigenvalue weighted by atomic mass is 10.0. The number of para-hydroxylation sites is 2. The molecule has 2 N–H and O–H groups in total. The molecule has 2 aromatic heterocycles. The predicted molar refractivity (Wildman–Crippen MR) is 204 cm³/mol. The summed E-state index contributed by atoms with van der Waals surface area (Å²) in [6.45, 7) is 0. The van der Waals surface area contributed by atoms with Gasteiger partial charge in [0.15, 0.2) is 0 Å². The summed E-state index contributed by atoms with van der Waals surface area (Å²) in [5, 5.41) is 8.26. The molecule has 1 unspecified atom stereocenters. The molecule has 50 heavy (non-hydrogen) atoms. The first-order valence-electron chi connectivity index (χ1n) is 16.9. The van der Waals surface area contributed by atoms with Gasteiger partial charge >= 0.3 is 0 Å². The highest BCUT2D eigenvalue weighted by Crippen LogP contribution is 2.37. The second-order valence-electron chi connectivity index (χ2n) is 12.7. The largest absolute Gasteiger partial charge is 0.456 e. The monoisotopic (exact) mass is 643 g/mol. The van der Waals surface area contributed by atoms with E-state index in [2.05, 4.69) is 148 Å². The lowest BCUT2D eigenvalue weighted by Crippen LogP contribution is -2.80. The fourth-order valence-corrected chi connectivity index (χ4v) is 7.32. The Labute approximate surface area is 288 Å². The van der Waals surface area contributed by atoms with Crippen LogP contribution in [0.15, 0.2) is 179 Å². The topological polar surface area (TPSA) is 56.4 Å². The predicted octanol–water partition coefficient (Wildman–Crippen LogP) is 8.93. The van der Waals surface area contributed by atoms with E-state index in [9.17, 15) is 0 Å². The zero-order chi connectivity index (χ0) is 33.0. The van der Waals surface area contributed by atoms with Gasteiger partial charge in [-0.25, -0.2) is 10.3 Å². The number of nitrogens with zero attached hydrogens (tertiary/aromatic N) is 2. The van der Waals surface area contributed by atoms with E-state index < -0.39 is 0 Å². The Hall–Kier alpha value is -6.72. The van der Waals surface area contributed by atoms with Gasteiger partial charge in [-0.2, -0.15) is 4.99 Å². The molecule has 10 rings (SSSR count). The first kappa shape index (κ1) is 28.3. The van der Waals surface area contributed by atoms with Gasteiger partial charge < -0.3 is 8.98 Å². The van der Waals surface area contributed by atoms with Gasteiger partial charge in [-0.3, -0.25) is 0 Å². The molecule has 0 radical (unpaired) electrons. The molecule has 9 aromatic rings. The summed E-state index contributed by atoms with van der Waals surface area (Å²) < 4.78 is 8.48. The van der Waals surface area contributed by atoms with Crippen LogP contribution in [0.5, 0.6) is 0 Å². The normalized spacial score (nSPS) is 14.6.